The Balaban J connectivity index is 2.36. The summed E-state index contributed by atoms with van der Waals surface area (Å²) in [6, 6.07) is 3.40. The Hall–Kier alpha value is -1.69. The second-order valence-corrected chi connectivity index (χ2v) is 5.37. The molecule has 1 unspecified atom stereocenters. The number of pyridine rings is 1. The van der Waals surface area contributed by atoms with Crippen LogP contribution in [0.2, 0.25) is 0 Å². The Morgan fingerprint density at radius 1 is 1.47 bits per heavy atom. The molecule has 1 saturated heterocycles. The zero-order chi connectivity index (χ0) is 14.0. The van der Waals surface area contributed by atoms with E-state index in [1.165, 1.54) is 6.07 Å². The number of nitrogens with zero attached hydrogens (tertiary/aromatic N) is 4. The summed E-state index contributed by atoms with van der Waals surface area (Å²) in [4.78, 5) is 19.4. The highest BCUT2D eigenvalue weighted by Gasteiger charge is 2.32. The molecule has 0 bridgehead atoms. The van der Waals surface area contributed by atoms with Gasteiger partial charge >= 0.3 is 5.69 Å². The summed E-state index contributed by atoms with van der Waals surface area (Å²) >= 11 is 0. The minimum atomic E-state index is -0.349. The molecule has 1 atom stereocenters. The number of rotatable bonds is 3. The fraction of sp³-hybridized carbons (Fsp3) is 0.615. The zero-order valence-electron chi connectivity index (χ0n) is 11.6. The van der Waals surface area contributed by atoms with Gasteiger partial charge < -0.3 is 9.80 Å². The highest BCUT2D eigenvalue weighted by atomic mass is 16.6. The minimum Gasteiger partial charge on any atom is -0.345 e. The largest absolute Gasteiger partial charge is 0.345 e. The van der Waals surface area contributed by atoms with Crippen molar-refractivity contribution in [2.75, 3.05) is 31.6 Å². The van der Waals surface area contributed by atoms with E-state index < -0.39 is 0 Å². The third-order valence-corrected chi connectivity index (χ3v) is 3.63. The molecule has 0 radical (unpaired) electrons. The van der Waals surface area contributed by atoms with Crippen molar-refractivity contribution in [1.29, 1.82) is 0 Å². The lowest BCUT2D eigenvalue weighted by Crippen LogP contribution is -2.54. The van der Waals surface area contributed by atoms with Crippen LogP contribution in [0.3, 0.4) is 0 Å². The number of anilines is 1. The first-order valence-electron chi connectivity index (χ1n) is 6.55. The quantitative estimate of drug-likeness (QED) is 0.615. The highest BCUT2D eigenvalue weighted by molar-refractivity contribution is 5.58. The Labute approximate surface area is 113 Å². The summed E-state index contributed by atoms with van der Waals surface area (Å²) < 4.78 is 0. The predicted molar refractivity (Wildman–Crippen MR) is 74.4 cm³/mol. The van der Waals surface area contributed by atoms with E-state index in [1.54, 1.807) is 12.3 Å². The van der Waals surface area contributed by atoms with Gasteiger partial charge in [-0.05, 0) is 19.0 Å². The second kappa shape index (κ2) is 5.52. The van der Waals surface area contributed by atoms with E-state index in [-0.39, 0.29) is 16.7 Å². The van der Waals surface area contributed by atoms with E-state index in [9.17, 15) is 10.1 Å². The molecule has 1 aromatic heterocycles. The average molecular weight is 264 g/mol. The van der Waals surface area contributed by atoms with Crippen molar-refractivity contribution in [2.24, 2.45) is 5.92 Å². The van der Waals surface area contributed by atoms with Gasteiger partial charge in [0.25, 0.3) is 0 Å². The number of likely N-dealkylation sites (N-methyl/N-ethyl adjacent to an activating group) is 1. The molecule has 6 nitrogen and oxygen atoms in total. The van der Waals surface area contributed by atoms with Gasteiger partial charge in [0.2, 0.25) is 5.82 Å². The maximum Gasteiger partial charge on any atom is 0.311 e. The van der Waals surface area contributed by atoms with Gasteiger partial charge in [0.05, 0.1) is 4.92 Å². The molecular weight excluding hydrogens is 244 g/mol. The normalized spacial score (nSPS) is 20.8. The maximum atomic E-state index is 11.1. The third-order valence-electron chi connectivity index (χ3n) is 3.63. The number of nitro groups is 1. The van der Waals surface area contributed by atoms with Crippen molar-refractivity contribution in [3.05, 3.63) is 28.4 Å². The number of hydrogen-bond donors (Lipinski definition) is 0. The van der Waals surface area contributed by atoms with Crippen molar-refractivity contribution in [3.8, 4) is 0 Å². The van der Waals surface area contributed by atoms with Crippen molar-refractivity contribution in [3.63, 3.8) is 0 Å². The summed E-state index contributed by atoms with van der Waals surface area (Å²) in [7, 11) is 2.08. The molecule has 6 heteroatoms. The van der Waals surface area contributed by atoms with Gasteiger partial charge in [-0.2, -0.15) is 0 Å². The van der Waals surface area contributed by atoms with Crippen LogP contribution in [0, 0.1) is 16.0 Å². The summed E-state index contributed by atoms with van der Waals surface area (Å²) in [5.41, 5.74) is 0.0951. The van der Waals surface area contributed by atoms with E-state index in [0.29, 0.717) is 11.7 Å². The van der Waals surface area contributed by atoms with Gasteiger partial charge in [-0.25, -0.2) is 4.98 Å². The summed E-state index contributed by atoms with van der Waals surface area (Å²) in [6.07, 6.45) is 1.62. The SMILES string of the molecule is CC(C)C1CN(C)CCN1c1ncccc1[N+](=O)[O-]. The van der Waals surface area contributed by atoms with Crippen molar-refractivity contribution >= 4 is 11.5 Å². The number of piperazine rings is 1. The minimum absolute atomic E-state index is 0.0951. The van der Waals surface area contributed by atoms with Gasteiger partial charge in [-0.1, -0.05) is 13.8 Å². The Morgan fingerprint density at radius 2 is 2.21 bits per heavy atom. The molecule has 104 valence electrons. The van der Waals surface area contributed by atoms with Crippen molar-refractivity contribution in [1.82, 2.24) is 9.88 Å². The van der Waals surface area contributed by atoms with Crippen molar-refractivity contribution in [2.45, 2.75) is 19.9 Å². The summed E-state index contributed by atoms with van der Waals surface area (Å²) in [5.74, 6) is 0.920. The first-order valence-corrected chi connectivity index (χ1v) is 6.55. The molecule has 1 aliphatic heterocycles. The lowest BCUT2D eigenvalue weighted by atomic mass is 9.99. The van der Waals surface area contributed by atoms with Gasteiger partial charge in [-0.15, -0.1) is 0 Å². The highest BCUT2D eigenvalue weighted by Crippen LogP contribution is 2.30. The Kier molecular flexibility index (Phi) is 3.99. The van der Waals surface area contributed by atoms with E-state index >= 15 is 0 Å². The van der Waals surface area contributed by atoms with E-state index in [4.69, 9.17) is 0 Å². The maximum absolute atomic E-state index is 11.1. The molecule has 0 aliphatic carbocycles. The van der Waals surface area contributed by atoms with Gasteiger partial charge in [-0.3, -0.25) is 10.1 Å². The number of hydrogen-bond acceptors (Lipinski definition) is 5. The van der Waals surface area contributed by atoms with E-state index in [2.05, 4.69) is 35.7 Å². The van der Waals surface area contributed by atoms with Crippen LogP contribution in [0.4, 0.5) is 11.5 Å². The molecule has 0 saturated carbocycles. The van der Waals surface area contributed by atoms with Gasteiger partial charge in [0.15, 0.2) is 0 Å². The molecular formula is C13H20N4O2. The van der Waals surface area contributed by atoms with Crippen LogP contribution in [0.25, 0.3) is 0 Å². The summed E-state index contributed by atoms with van der Waals surface area (Å²) in [5, 5.41) is 11.1. The first-order chi connectivity index (χ1) is 9.00. The smallest absolute Gasteiger partial charge is 0.311 e. The van der Waals surface area contributed by atoms with Crippen LogP contribution >= 0.6 is 0 Å². The van der Waals surface area contributed by atoms with Crippen LogP contribution in [-0.2, 0) is 0 Å². The second-order valence-electron chi connectivity index (χ2n) is 5.37. The molecule has 0 spiro atoms. The molecule has 1 aliphatic rings. The molecule has 2 rings (SSSR count). The standard InChI is InChI=1S/C13H20N4O2/c1-10(2)12-9-15(3)7-8-16(12)13-11(17(18)19)5-4-6-14-13/h4-6,10,12H,7-9H2,1-3H3. The van der Waals surface area contributed by atoms with E-state index in [1.807, 2.05) is 0 Å². The van der Waals surface area contributed by atoms with Crippen LogP contribution in [0.5, 0.6) is 0 Å². The molecule has 19 heavy (non-hydrogen) atoms. The lowest BCUT2D eigenvalue weighted by Gasteiger charge is -2.42. The van der Waals surface area contributed by atoms with Crippen LogP contribution < -0.4 is 4.90 Å². The Bertz CT molecular complexity index is 464. The molecule has 0 N–H and O–H groups in total. The van der Waals surface area contributed by atoms with Gasteiger partial charge in [0.1, 0.15) is 0 Å². The molecule has 1 aromatic rings. The van der Waals surface area contributed by atoms with Crippen molar-refractivity contribution < 1.29 is 4.92 Å². The van der Waals surface area contributed by atoms with Crippen LogP contribution in [0.1, 0.15) is 13.8 Å². The first kappa shape index (κ1) is 13.7. The fourth-order valence-electron chi connectivity index (χ4n) is 2.54. The summed E-state index contributed by atoms with van der Waals surface area (Å²) in [6.45, 7) is 6.87. The molecule has 0 aromatic carbocycles. The van der Waals surface area contributed by atoms with E-state index in [0.717, 1.165) is 19.6 Å². The lowest BCUT2D eigenvalue weighted by molar-refractivity contribution is -0.384. The van der Waals surface area contributed by atoms with Gasteiger partial charge in [0, 0.05) is 37.9 Å². The topological polar surface area (TPSA) is 62.5 Å². The monoisotopic (exact) mass is 264 g/mol. The molecule has 2 heterocycles. The average Bonchev–Trinajstić information content (AvgIpc) is 2.38. The fourth-order valence-corrected chi connectivity index (χ4v) is 2.54. The number of aromatic nitrogens is 1. The predicted octanol–water partition coefficient (Wildman–Crippen LogP) is 1.77. The van der Waals surface area contributed by atoms with Crippen LogP contribution in [-0.4, -0.2) is 47.5 Å². The molecule has 1 fully saturated rings. The third kappa shape index (κ3) is 2.84. The zero-order valence-corrected chi connectivity index (χ0v) is 11.6. The molecule has 0 amide bonds. The van der Waals surface area contributed by atoms with Crippen LogP contribution in [0.15, 0.2) is 18.3 Å². The Morgan fingerprint density at radius 3 is 2.84 bits per heavy atom.